The minimum atomic E-state index is 0.405. The number of fused-ring (bicyclic) bond motifs is 1. The molecule has 0 aliphatic rings. The monoisotopic (exact) mass is 243 g/mol. The van der Waals surface area contributed by atoms with Crippen molar-refractivity contribution >= 4 is 22.4 Å². The van der Waals surface area contributed by atoms with E-state index in [0.29, 0.717) is 5.88 Å². The fourth-order valence-electron chi connectivity index (χ4n) is 2.00. The van der Waals surface area contributed by atoms with Crippen LogP contribution in [0.4, 0.5) is 0 Å². The second-order valence-electron chi connectivity index (χ2n) is 3.84. The van der Waals surface area contributed by atoms with Crippen LogP contribution in [0.1, 0.15) is 5.56 Å². The number of aromatic nitrogens is 1. The molecule has 3 aromatic rings. The second kappa shape index (κ2) is 4.22. The summed E-state index contributed by atoms with van der Waals surface area (Å²) in [5, 5.41) is 6.15. The highest BCUT2D eigenvalue weighted by atomic mass is 35.5. The van der Waals surface area contributed by atoms with Crippen LogP contribution in [0.2, 0.25) is 0 Å². The maximum atomic E-state index is 5.87. The zero-order valence-electron chi connectivity index (χ0n) is 9.06. The number of hydrogen-bond donors (Lipinski definition) is 0. The van der Waals surface area contributed by atoms with Gasteiger partial charge >= 0.3 is 0 Å². The van der Waals surface area contributed by atoms with Crippen molar-refractivity contribution in [2.24, 2.45) is 0 Å². The van der Waals surface area contributed by atoms with E-state index in [9.17, 15) is 0 Å². The number of rotatable bonds is 2. The van der Waals surface area contributed by atoms with Gasteiger partial charge in [-0.05, 0) is 10.8 Å². The van der Waals surface area contributed by atoms with E-state index in [-0.39, 0.29) is 0 Å². The lowest BCUT2D eigenvalue weighted by Crippen LogP contribution is -1.82. The van der Waals surface area contributed by atoms with Crippen LogP contribution in [0.5, 0.6) is 0 Å². The van der Waals surface area contributed by atoms with E-state index >= 15 is 0 Å². The first-order valence-electron chi connectivity index (χ1n) is 5.38. The van der Waals surface area contributed by atoms with Gasteiger partial charge in [-0.15, -0.1) is 11.6 Å². The van der Waals surface area contributed by atoms with Crippen LogP contribution in [-0.4, -0.2) is 5.16 Å². The summed E-state index contributed by atoms with van der Waals surface area (Å²) in [7, 11) is 0. The third kappa shape index (κ3) is 1.71. The summed E-state index contributed by atoms with van der Waals surface area (Å²) in [4.78, 5) is 0. The number of nitrogens with zero attached hydrogens (tertiary/aromatic N) is 1. The average molecular weight is 244 g/mol. The Bertz CT molecular complexity index is 655. The summed E-state index contributed by atoms with van der Waals surface area (Å²) in [5.74, 6) is 1.17. The quantitative estimate of drug-likeness (QED) is 0.630. The maximum absolute atomic E-state index is 5.87. The molecule has 0 aliphatic heterocycles. The van der Waals surface area contributed by atoms with Crippen molar-refractivity contribution < 1.29 is 4.52 Å². The highest BCUT2D eigenvalue weighted by molar-refractivity contribution is 6.17. The molecule has 0 bridgehead atoms. The smallest absolute Gasteiger partial charge is 0.171 e. The predicted octanol–water partition coefficient (Wildman–Crippen LogP) is 4.23. The first-order chi connectivity index (χ1) is 8.40. The van der Waals surface area contributed by atoms with E-state index < -0.39 is 0 Å². The SMILES string of the molecule is ClCc1cnoc1-c1cccc2ccccc12. The van der Waals surface area contributed by atoms with Crippen molar-refractivity contribution in [1.82, 2.24) is 5.16 Å². The zero-order valence-corrected chi connectivity index (χ0v) is 9.82. The molecule has 0 N–H and O–H groups in total. The summed E-state index contributed by atoms with van der Waals surface area (Å²) >= 11 is 5.87. The van der Waals surface area contributed by atoms with Gasteiger partial charge in [0.1, 0.15) is 0 Å². The molecule has 2 aromatic carbocycles. The van der Waals surface area contributed by atoms with Crippen LogP contribution in [0, 0.1) is 0 Å². The van der Waals surface area contributed by atoms with Gasteiger partial charge in [0.15, 0.2) is 5.76 Å². The topological polar surface area (TPSA) is 26.0 Å². The molecule has 0 spiro atoms. The second-order valence-corrected chi connectivity index (χ2v) is 4.11. The molecule has 0 saturated carbocycles. The first-order valence-corrected chi connectivity index (χ1v) is 5.91. The molecule has 0 atom stereocenters. The highest BCUT2D eigenvalue weighted by Gasteiger charge is 2.12. The molecule has 0 unspecified atom stereocenters. The van der Waals surface area contributed by atoms with Gasteiger partial charge in [0.2, 0.25) is 0 Å². The summed E-state index contributed by atoms with van der Waals surface area (Å²) < 4.78 is 5.32. The Morgan fingerprint density at radius 1 is 1.06 bits per heavy atom. The van der Waals surface area contributed by atoms with E-state index in [4.69, 9.17) is 16.1 Å². The largest absolute Gasteiger partial charge is 0.356 e. The third-order valence-corrected chi connectivity index (χ3v) is 3.11. The van der Waals surface area contributed by atoms with Crippen LogP contribution >= 0.6 is 11.6 Å². The van der Waals surface area contributed by atoms with E-state index in [2.05, 4.69) is 23.4 Å². The van der Waals surface area contributed by atoms with Crippen LogP contribution in [0.3, 0.4) is 0 Å². The molecule has 0 aliphatic carbocycles. The molecule has 84 valence electrons. The van der Waals surface area contributed by atoms with Gasteiger partial charge in [0.25, 0.3) is 0 Å². The molecule has 0 fully saturated rings. The van der Waals surface area contributed by atoms with Crippen molar-refractivity contribution in [3.63, 3.8) is 0 Å². The third-order valence-electron chi connectivity index (χ3n) is 2.82. The van der Waals surface area contributed by atoms with Crippen molar-refractivity contribution in [2.45, 2.75) is 5.88 Å². The van der Waals surface area contributed by atoms with Crippen LogP contribution in [0.15, 0.2) is 53.2 Å². The lowest BCUT2D eigenvalue weighted by molar-refractivity contribution is 0.432. The molecule has 3 heteroatoms. The molecule has 0 radical (unpaired) electrons. The highest BCUT2D eigenvalue weighted by Crippen LogP contribution is 2.31. The van der Waals surface area contributed by atoms with E-state index in [0.717, 1.165) is 22.3 Å². The lowest BCUT2D eigenvalue weighted by atomic mass is 10.0. The molecule has 0 amide bonds. The fourth-order valence-corrected chi connectivity index (χ4v) is 2.19. The summed E-state index contributed by atoms with van der Waals surface area (Å²) in [6.45, 7) is 0. The van der Waals surface area contributed by atoms with Gasteiger partial charge in [-0.3, -0.25) is 0 Å². The average Bonchev–Trinajstić information content (AvgIpc) is 2.86. The van der Waals surface area contributed by atoms with Crippen molar-refractivity contribution in [3.8, 4) is 11.3 Å². The van der Waals surface area contributed by atoms with Gasteiger partial charge in [-0.25, -0.2) is 0 Å². The summed E-state index contributed by atoms with van der Waals surface area (Å²) in [6.07, 6.45) is 1.67. The minimum absolute atomic E-state index is 0.405. The lowest BCUT2D eigenvalue weighted by Gasteiger charge is -2.04. The Morgan fingerprint density at radius 3 is 2.76 bits per heavy atom. The molecule has 3 rings (SSSR count). The molecule has 1 aromatic heterocycles. The fraction of sp³-hybridized carbons (Fsp3) is 0.0714. The molecular weight excluding hydrogens is 234 g/mol. The van der Waals surface area contributed by atoms with Gasteiger partial charge < -0.3 is 4.52 Å². The van der Waals surface area contributed by atoms with Gasteiger partial charge in [-0.1, -0.05) is 47.6 Å². The van der Waals surface area contributed by atoms with Gasteiger partial charge in [0.05, 0.1) is 12.1 Å². The summed E-state index contributed by atoms with van der Waals surface area (Å²) in [6, 6.07) is 14.3. The zero-order chi connectivity index (χ0) is 11.7. The summed E-state index contributed by atoms with van der Waals surface area (Å²) in [5.41, 5.74) is 1.96. The van der Waals surface area contributed by atoms with E-state index in [1.807, 2.05) is 24.3 Å². The van der Waals surface area contributed by atoms with Crippen molar-refractivity contribution in [1.29, 1.82) is 0 Å². The van der Waals surface area contributed by atoms with E-state index in [1.54, 1.807) is 6.20 Å². The molecule has 2 nitrogen and oxygen atoms in total. The predicted molar refractivity (Wildman–Crippen MR) is 69.0 cm³/mol. The van der Waals surface area contributed by atoms with Crippen molar-refractivity contribution in [2.75, 3.05) is 0 Å². The molecule has 1 heterocycles. The minimum Gasteiger partial charge on any atom is -0.356 e. The molecule has 17 heavy (non-hydrogen) atoms. The number of halogens is 1. The Balaban J connectivity index is 2.31. The maximum Gasteiger partial charge on any atom is 0.171 e. The van der Waals surface area contributed by atoms with Gasteiger partial charge in [0, 0.05) is 11.1 Å². The number of alkyl halides is 1. The number of hydrogen-bond acceptors (Lipinski definition) is 2. The Morgan fingerprint density at radius 2 is 1.88 bits per heavy atom. The van der Waals surface area contributed by atoms with Crippen molar-refractivity contribution in [3.05, 3.63) is 54.2 Å². The normalized spacial score (nSPS) is 10.9. The van der Waals surface area contributed by atoms with Crippen LogP contribution in [0.25, 0.3) is 22.1 Å². The van der Waals surface area contributed by atoms with Crippen LogP contribution in [-0.2, 0) is 5.88 Å². The van der Waals surface area contributed by atoms with Crippen LogP contribution < -0.4 is 0 Å². The Hall–Kier alpha value is -1.80. The molecule has 0 saturated heterocycles. The molecular formula is C14H10ClNO. The van der Waals surface area contributed by atoms with Gasteiger partial charge in [-0.2, -0.15) is 0 Å². The number of benzene rings is 2. The Kier molecular flexibility index (Phi) is 2.57. The first kappa shape index (κ1) is 10.4. The Labute approximate surface area is 104 Å². The van der Waals surface area contributed by atoms with E-state index in [1.165, 1.54) is 5.39 Å². The standard InChI is InChI=1S/C14H10ClNO/c15-8-11-9-16-17-14(11)13-7-3-5-10-4-1-2-6-12(10)13/h1-7,9H,8H2.